The van der Waals surface area contributed by atoms with Crippen molar-refractivity contribution in [2.75, 3.05) is 7.11 Å². The van der Waals surface area contributed by atoms with E-state index in [4.69, 9.17) is 4.74 Å². The van der Waals surface area contributed by atoms with Crippen LogP contribution in [0.4, 0.5) is 0 Å². The number of methoxy groups -OCH3 is 1. The first kappa shape index (κ1) is 13.3. The summed E-state index contributed by atoms with van der Waals surface area (Å²) < 4.78 is 5.36. The third kappa shape index (κ3) is 2.99. The summed E-state index contributed by atoms with van der Waals surface area (Å²) in [5, 5.41) is 0. The molecule has 0 spiro atoms. The molecule has 0 aromatic heterocycles. The molecule has 0 heterocycles. The monoisotopic (exact) mass is 246 g/mol. The van der Waals surface area contributed by atoms with Crippen molar-refractivity contribution in [3.8, 4) is 0 Å². The molecule has 0 amide bonds. The molecule has 18 heavy (non-hydrogen) atoms. The predicted octanol–water partition coefficient (Wildman–Crippen LogP) is 3.18. The molecule has 98 valence electrons. The molecule has 2 heteroatoms. The normalized spacial score (nSPS) is 15.7. The maximum Gasteiger partial charge on any atom is 0.136 e. The molecule has 0 fully saturated rings. The van der Waals surface area contributed by atoms with E-state index in [9.17, 15) is 4.79 Å². The summed E-state index contributed by atoms with van der Waals surface area (Å²) in [6, 6.07) is 8.39. The Balaban J connectivity index is 1.90. The molecular weight excluding hydrogens is 224 g/mol. The topological polar surface area (TPSA) is 26.3 Å². The summed E-state index contributed by atoms with van der Waals surface area (Å²) in [4.78, 5) is 12.2. The van der Waals surface area contributed by atoms with Crippen LogP contribution in [0, 0.1) is 5.92 Å². The van der Waals surface area contributed by atoms with Gasteiger partial charge in [-0.3, -0.25) is 4.79 Å². The van der Waals surface area contributed by atoms with E-state index in [-0.39, 0.29) is 11.5 Å². The third-order valence-electron chi connectivity index (χ3n) is 4.03. The van der Waals surface area contributed by atoms with E-state index in [0.717, 1.165) is 19.3 Å². The molecular formula is C16H22O2. The molecule has 1 aromatic carbocycles. The van der Waals surface area contributed by atoms with Crippen LogP contribution in [0.2, 0.25) is 0 Å². The number of Topliss-reactive ketones (excluding diaryl/α,β-unsaturated/α-hetero) is 1. The second-order valence-electron chi connectivity index (χ2n) is 5.80. The SMILES string of the molecule is COC(C)(C)CCC(=O)C1Cc2ccccc2C1. The zero-order valence-corrected chi connectivity index (χ0v) is 11.5. The number of hydrogen-bond acceptors (Lipinski definition) is 2. The number of fused-ring (bicyclic) bond motifs is 1. The summed E-state index contributed by atoms with van der Waals surface area (Å²) in [6.07, 6.45) is 3.26. The van der Waals surface area contributed by atoms with Gasteiger partial charge in [-0.05, 0) is 44.2 Å². The summed E-state index contributed by atoms with van der Waals surface area (Å²) in [5.41, 5.74) is 2.50. The highest BCUT2D eigenvalue weighted by molar-refractivity contribution is 5.82. The first-order valence-electron chi connectivity index (χ1n) is 6.66. The zero-order valence-electron chi connectivity index (χ0n) is 11.5. The van der Waals surface area contributed by atoms with E-state index in [1.54, 1.807) is 7.11 Å². The minimum absolute atomic E-state index is 0.190. The van der Waals surface area contributed by atoms with Crippen LogP contribution in [0.5, 0.6) is 0 Å². The van der Waals surface area contributed by atoms with Crippen molar-refractivity contribution >= 4 is 5.78 Å². The molecule has 0 unspecified atom stereocenters. The van der Waals surface area contributed by atoms with E-state index >= 15 is 0 Å². The largest absolute Gasteiger partial charge is 0.379 e. The first-order chi connectivity index (χ1) is 8.52. The van der Waals surface area contributed by atoms with Crippen molar-refractivity contribution in [3.05, 3.63) is 35.4 Å². The van der Waals surface area contributed by atoms with Gasteiger partial charge in [0.1, 0.15) is 5.78 Å². The molecule has 0 aliphatic heterocycles. The number of carbonyl (C=O) groups is 1. The van der Waals surface area contributed by atoms with Crippen molar-refractivity contribution in [1.29, 1.82) is 0 Å². The Morgan fingerprint density at radius 3 is 2.33 bits per heavy atom. The molecule has 2 rings (SSSR count). The minimum atomic E-state index is -0.193. The molecule has 1 aromatic rings. The Labute approximate surface area is 109 Å². The molecule has 0 bridgehead atoms. The fourth-order valence-corrected chi connectivity index (χ4v) is 2.52. The fourth-order valence-electron chi connectivity index (χ4n) is 2.52. The lowest BCUT2D eigenvalue weighted by Crippen LogP contribution is -2.25. The van der Waals surface area contributed by atoms with Crippen molar-refractivity contribution in [2.24, 2.45) is 5.92 Å². The van der Waals surface area contributed by atoms with Crippen LogP contribution in [-0.4, -0.2) is 18.5 Å². The minimum Gasteiger partial charge on any atom is -0.379 e. The van der Waals surface area contributed by atoms with Crippen LogP contribution in [-0.2, 0) is 22.4 Å². The second-order valence-corrected chi connectivity index (χ2v) is 5.80. The lowest BCUT2D eigenvalue weighted by molar-refractivity contribution is -0.124. The number of hydrogen-bond donors (Lipinski definition) is 0. The van der Waals surface area contributed by atoms with Gasteiger partial charge in [-0.25, -0.2) is 0 Å². The average molecular weight is 246 g/mol. The Kier molecular flexibility index (Phi) is 3.86. The lowest BCUT2D eigenvalue weighted by atomic mass is 9.93. The highest BCUT2D eigenvalue weighted by Crippen LogP contribution is 2.29. The van der Waals surface area contributed by atoms with Crippen molar-refractivity contribution in [2.45, 2.75) is 45.1 Å². The molecule has 0 saturated heterocycles. The van der Waals surface area contributed by atoms with Crippen molar-refractivity contribution < 1.29 is 9.53 Å². The van der Waals surface area contributed by atoms with E-state index in [2.05, 4.69) is 24.3 Å². The van der Waals surface area contributed by atoms with Gasteiger partial charge >= 0.3 is 0 Å². The van der Waals surface area contributed by atoms with Crippen LogP contribution < -0.4 is 0 Å². The van der Waals surface area contributed by atoms with Gasteiger partial charge in [0.2, 0.25) is 0 Å². The van der Waals surface area contributed by atoms with Crippen LogP contribution in [0.15, 0.2) is 24.3 Å². The Bertz CT molecular complexity index is 409. The lowest BCUT2D eigenvalue weighted by Gasteiger charge is -2.22. The van der Waals surface area contributed by atoms with Gasteiger partial charge in [-0.1, -0.05) is 24.3 Å². The molecule has 0 radical (unpaired) electrons. The maximum absolute atomic E-state index is 12.2. The van der Waals surface area contributed by atoms with Gasteiger partial charge in [0.15, 0.2) is 0 Å². The van der Waals surface area contributed by atoms with Crippen molar-refractivity contribution in [1.82, 2.24) is 0 Å². The summed E-state index contributed by atoms with van der Waals surface area (Å²) in [6.45, 7) is 4.06. The van der Waals surface area contributed by atoms with E-state index < -0.39 is 0 Å². The summed E-state index contributed by atoms with van der Waals surface area (Å²) >= 11 is 0. The molecule has 1 aliphatic rings. The second kappa shape index (κ2) is 5.23. The molecule has 0 saturated carbocycles. The molecule has 0 N–H and O–H groups in total. The van der Waals surface area contributed by atoms with Crippen LogP contribution in [0.3, 0.4) is 0 Å². The third-order valence-corrected chi connectivity index (χ3v) is 4.03. The number of carbonyl (C=O) groups excluding carboxylic acids is 1. The van der Waals surface area contributed by atoms with Crippen molar-refractivity contribution in [3.63, 3.8) is 0 Å². The smallest absolute Gasteiger partial charge is 0.136 e. The average Bonchev–Trinajstić information content (AvgIpc) is 2.80. The standard InChI is InChI=1S/C16H22O2/c1-16(2,18-3)9-8-15(17)14-10-12-6-4-5-7-13(12)11-14/h4-7,14H,8-11H2,1-3H3. The Hall–Kier alpha value is -1.15. The van der Waals surface area contributed by atoms with Gasteiger partial charge in [-0.2, -0.15) is 0 Å². The Morgan fingerprint density at radius 2 is 1.83 bits per heavy atom. The van der Waals surface area contributed by atoms with Crippen LogP contribution in [0.1, 0.15) is 37.8 Å². The van der Waals surface area contributed by atoms with Gasteiger partial charge in [0, 0.05) is 19.4 Å². The highest BCUT2D eigenvalue weighted by atomic mass is 16.5. The van der Waals surface area contributed by atoms with Crippen LogP contribution in [0.25, 0.3) is 0 Å². The number of ether oxygens (including phenoxy) is 1. The predicted molar refractivity (Wildman–Crippen MR) is 72.7 cm³/mol. The Morgan fingerprint density at radius 1 is 1.28 bits per heavy atom. The molecule has 1 aliphatic carbocycles. The van der Waals surface area contributed by atoms with Gasteiger partial charge in [0.05, 0.1) is 5.60 Å². The number of ketones is 1. The number of rotatable bonds is 5. The zero-order chi connectivity index (χ0) is 13.2. The highest BCUT2D eigenvalue weighted by Gasteiger charge is 2.28. The van der Waals surface area contributed by atoms with E-state index in [1.807, 2.05) is 13.8 Å². The van der Waals surface area contributed by atoms with Crippen LogP contribution >= 0.6 is 0 Å². The van der Waals surface area contributed by atoms with E-state index in [0.29, 0.717) is 12.2 Å². The quantitative estimate of drug-likeness (QED) is 0.797. The van der Waals surface area contributed by atoms with E-state index in [1.165, 1.54) is 11.1 Å². The summed E-state index contributed by atoms with van der Waals surface area (Å²) in [5.74, 6) is 0.575. The van der Waals surface area contributed by atoms with Gasteiger partial charge < -0.3 is 4.74 Å². The first-order valence-corrected chi connectivity index (χ1v) is 6.66. The fraction of sp³-hybridized carbons (Fsp3) is 0.562. The number of benzene rings is 1. The van der Waals surface area contributed by atoms with Gasteiger partial charge in [-0.15, -0.1) is 0 Å². The maximum atomic E-state index is 12.2. The molecule has 2 nitrogen and oxygen atoms in total. The summed E-state index contributed by atoms with van der Waals surface area (Å²) in [7, 11) is 1.70. The molecule has 0 atom stereocenters. The van der Waals surface area contributed by atoms with Gasteiger partial charge in [0.25, 0.3) is 0 Å².